The number of pyridine rings is 1. The molecule has 0 radical (unpaired) electrons. The van der Waals surface area contributed by atoms with Crippen LogP contribution in [0.1, 0.15) is 21.6 Å². The molecular formula is C35H26F2N4O3. The first-order valence-electron chi connectivity index (χ1n) is 13.8. The largest absolute Gasteiger partial charge is 0.454 e. The summed E-state index contributed by atoms with van der Waals surface area (Å²) in [4.78, 5) is 26.2. The zero-order valence-electron chi connectivity index (χ0n) is 23.6. The van der Waals surface area contributed by atoms with Gasteiger partial charge in [0, 0.05) is 40.5 Å². The molecule has 0 saturated carbocycles. The van der Waals surface area contributed by atoms with Gasteiger partial charge in [0.2, 0.25) is 0 Å². The molecule has 44 heavy (non-hydrogen) atoms. The average Bonchev–Trinajstić information content (AvgIpc) is 3.48. The third kappa shape index (κ3) is 6.03. The summed E-state index contributed by atoms with van der Waals surface area (Å²) in [5.41, 5.74) is 3.05. The Balaban J connectivity index is 1.19. The molecule has 9 heteroatoms. The van der Waals surface area contributed by atoms with Crippen LogP contribution in [0.5, 0.6) is 11.5 Å². The van der Waals surface area contributed by atoms with E-state index in [1.54, 1.807) is 31.3 Å². The minimum atomic E-state index is -0.711. The van der Waals surface area contributed by atoms with Crippen molar-refractivity contribution in [2.75, 3.05) is 5.32 Å². The van der Waals surface area contributed by atoms with Crippen molar-refractivity contribution in [3.8, 4) is 28.3 Å². The highest BCUT2D eigenvalue weighted by Gasteiger charge is 2.17. The highest BCUT2D eigenvalue weighted by molar-refractivity contribution is 6.04. The van der Waals surface area contributed by atoms with Gasteiger partial charge in [-0.15, -0.1) is 0 Å². The lowest BCUT2D eigenvalue weighted by Gasteiger charge is -2.13. The number of ether oxygens (including phenoxy) is 1. The first-order valence-corrected chi connectivity index (χ1v) is 13.8. The number of halogens is 2. The van der Waals surface area contributed by atoms with Crippen LogP contribution in [-0.2, 0) is 6.54 Å². The van der Waals surface area contributed by atoms with Crippen LogP contribution in [0.15, 0.2) is 126 Å². The van der Waals surface area contributed by atoms with Crippen LogP contribution in [0, 0.1) is 18.6 Å². The van der Waals surface area contributed by atoms with E-state index in [1.165, 1.54) is 47.0 Å². The number of carbonyl (C=O) groups excluding carboxylic acids is 1. The van der Waals surface area contributed by atoms with Crippen LogP contribution < -0.4 is 15.6 Å². The molecule has 1 N–H and O–H groups in total. The van der Waals surface area contributed by atoms with Crippen molar-refractivity contribution in [3.63, 3.8) is 0 Å². The Kier molecular flexibility index (Phi) is 7.84. The van der Waals surface area contributed by atoms with Gasteiger partial charge >= 0.3 is 0 Å². The number of anilines is 1. The third-order valence-corrected chi connectivity index (χ3v) is 7.04. The molecule has 1 amide bonds. The van der Waals surface area contributed by atoms with Crippen LogP contribution in [0.25, 0.3) is 16.8 Å². The van der Waals surface area contributed by atoms with Crippen molar-refractivity contribution < 1.29 is 18.3 Å². The first-order chi connectivity index (χ1) is 21.4. The fraction of sp³-hybridized carbons (Fsp3) is 0.0571. The summed E-state index contributed by atoms with van der Waals surface area (Å²) in [6.45, 7) is 2.31. The molecule has 7 nitrogen and oxygen atoms in total. The van der Waals surface area contributed by atoms with Crippen LogP contribution in [0.3, 0.4) is 0 Å². The normalized spacial score (nSPS) is 10.9. The zero-order valence-corrected chi connectivity index (χ0v) is 23.6. The maximum atomic E-state index is 15.2. The second-order valence-electron chi connectivity index (χ2n) is 10.1. The predicted octanol–water partition coefficient (Wildman–Crippen LogP) is 7.38. The van der Waals surface area contributed by atoms with E-state index in [2.05, 4.69) is 10.4 Å². The molecule has 0 spiro atoms. The number of rotatable bonds is 8. The van der Waals surface area contributed by atoms with Gasteiger partial charge in [-0.2, -0.15) is 5.10 Å². The van der Waals surface area contributed by atoms with Crippen molar-refractivity contribution in [2.24, 2.45) is 0 Å². The smallest absolute Gasteiger partial charge is 0.268 e. The van der Waals surface area contributed by atoms with Gasteiger partial charge in [0.1, 0.15) is 17.1 Å². The summed E-state index contributed by atoms with van der Waals surface area (Å²) < 4.78 is 37.7. The zero-order chi connectivity index (χ0) is 30.6. The summed E-state index contributed by atoms with van der Waals surface area (Å²) in [7, 11) is 0. The van der Waals surface area contributed by atoms with Crippen molar-refractivity contribution in [1.29, 1.82) is 0 Å². The number of hydrogen-bond donors (Lipinski definition) is 1. The van der Waals surface area contributed by atoms with Gasteiger partial charge in [-0.25, -0.2) is 8.78 Å². The number of amides is 1. The van der Waals surface area contributed by atoms with Crippen molar-refractivity contribution in [1.82, 2.24) is 14.3 Å². The number of aryl methyl sites for hydroxylation is 1. The number of carbonyl (C=O) groups is 1. The van der Waals surface area contributed by atoms with E-state index in [-0.39, 0.29) is 17.0 Å². The first kappa shape index (κ1) is 28.3. The molecule has 0 saturated heterocycles. The second-order valence-corrected chi connectivity index (χ2v) is 10.1. The number of hydrogen-bond acceptors (Lipinski definition) is 4. The summed E-state index contributed by atoms with van der Waals surface area (Å²) >= 11 is 0. The quantitative estimate of drug-likeness (QED) is 0.201. The Bertz CT molecular complexity index is 2020. The van der Waals surface area contributed by atoms with Crippen molar-refractivity contribution >= 4 is 11.6 Å². The molecule has 218 valence electrons. The lowest BCUT2D eigenvalue weighted by Crippen LogP contribution is -2.29. The molecule has 6 aromatic rings. The van der Waals surface area contributed by atoms with E-state index in [0.29, 0.717) is 23.7 Å². The number of nitrogens with zero attached hydrogens (tertiary/aromatic N) is 3. The molecule has 2 heterocycles. The topological polar surface area (TPSA) is 78.2 Å². The molecule has 0 atom stereocenters. The number of para-hydroxylation sites is 1. The molecule has 0 bridgehead atoms. The van der Waals surface area contributed by atoms with Crippen LogP contribution in [0.4, 0.5) is 14.5 Å². The van der Waals surface area contributed by atoms with E-state index < -0.39 is 23.1 Å². The Hall–Kier alpha value is -5.83. The fourth-order valence-corrected chi connectivity index (χ4v) is 4.85. The Morgan fingerprint density at radius 3 is 2.39 bits per heavy atom. The Morgan fingerprint density at radius 1 is 0.864 bits per heavy atom. The maximum Gasteiger partial charge on any atom is 0.268 e. The highest BCUT2D eigenvalue weighted by atomic mass is 19.1. The van der Waals surface area contributed by atoms with Crippen LogP contribution in [0.2, 0.25) is 0 Å². The summed E-state index contributed by atoms with van der Waals surface area (Å²) in [6.07, 6.45) is 3.63. The Morgan fingerprint density at radius 2 is 1.61 bits per heavy atom. The molecule has 6 rings (SSSR count). The summed E-state index contributed by atoms with van der Waals surface area (Å²) in [6, 6.07) is 29.6. The Labute approximate surface area is 251 Å². The number of nitrogens with one attached hydrogen (secondary N) is 1. The molecule has 2 aromatic heterocycles. The van der Waals surface area contributed by atoms with Gasteiger partial charge in [0.25, 0.3) is 11.5 Å². The van der Waals surface area contributed by atoms with Gasteiger partial charge in [0.05, 0.1) is 12.7 Å². The van der Waals surface area contributed by atoms with Crippen molar-refractivity contribution in [2.45, 2.75) is 13.5 Å². The predicted molar refractivity (Wildman–Crippen MR) is 164 cm³/mol. The van der Waals surface area contributed by atoms with Gasteiger partial charge < -0.3 is 10.1 Å². The molecule has 0 aliphatic carbocycles. The van der Waals surface area contributed by atoms with Crippen molar-refractivity contribution in [3.05, 3.63) is 160 Å². The fourth-order valence-electron chi connectivity index (χ4n) is 4.85. The molecule has 0 aliphatic heterocycles. The maximum absolute atomic E-state index is 15.2. The lowest BCUT2D eigenvalue weighted by atomic mass is 10.1. The monoisotopic (exact) mass is 588 g/mol. The van der Waals surface area contributed by atoms with E-state index in [0.717, 1.165) is 22.8 Å². The van der Waals surface area contributed by atoms with Crippen LogP contribution >= 0.6 is 0 Å². The summed E-state index contributed by atoms with van der Waals surface area (Å²) in [5, 5.41) is 7.04. The van der Waals surface area contributed by atoms with Gasteiger partial charge in [0.15, 0.2) is 11.6 Å². The minimum Gasteiger partial charge on any atom is -0.454 e. The molecule has 4 aromatic carbocycles. The van der Waals surface area contributed by atoms with Gasteiger partial charge in [-0.3, -0.25) is 18.8 Å². The van der Waals surface area contributed by atoms with Crippen LogP contribution in [-0.4, -0.2) is 20.3 Å². The van der Waals surface area contributed by atoms with E-state index >= 15 is 4.39 Å². The molecule has 0 fully saturated rings. The van der Waals surface area contributed by atoms with E-state index in [4.69, 9.17) is 4.74 Å². The molecule has 0 unspecified atom stereocenters. The lowest BCUT2D eigenvalue weighted by molar-refractivity contribution is 0.102. The second kappa shape index (κ2) is 12.2. The van der Waals surface area contributed by atoms with E-state index in [9.17, 15) is 14.0 Å². The third-order valence-electron chi connectivity index (χ3n) is 7.04. The highest BCUT2D eigenvalue weighted by Crippen LogP contribution is 2.34. The molecule has 0 aliphatic rings. The van der Waals surface area contributed by atoms with E-state index in [1.807, 2.05) is 53.3 Å². The average molecular weight is 589 g/mol. The standard InChI is InChI=1S/C35H26F2N4O3/c1-23-11-17-30(35(43)41(23)28-15-12-26(36)13-16-28)34(42)39-27-14-18-33(31(37)19-27)44-32-10-6-5-9-29(32)25-20-38-40(22-25)21-24-7-3-2-4-8-24/h2-20,22H,21H2,1H3,(H,39,42). The summed E-state index contributed by atoms with van der Waals surface area (Å²) in [5.74, 6) is -1.47. The number of benzene rings is 4. The SMILES string of the molecule is Cc1ccc(C(=O)Nc2ccc(Oc3ccccc3-c3cnn(Cc4ccccc4)c3)c(F)c2)c(=O)n1-c1ccc(F)cc1. The molecular weight excluding hydrogens is 562 g/mol. The van der Waals surface area contributed by atoms with Gasteiger partial charge in [-0.1, -0.05) is 48.5 Å². The minimum absolute atomic E-state index is 0.0406. The number of aromatic nitrogens is 3. The van der Waals surface area contributed by atoms with Gasteiger partial charge in [-0.05, 0) is 67.1 Å².